The van der Waals surface area contributed by atoms with Gasteiger partial charge in [-0.15, -0.1) is 11.3 Å². The highest BCUT2D eigenvalue weighted by Crippen LogP contribution is 2.39. The maximum atomic E-state index is 6.64. The summed E-state index contributed by atoms with van der Waals surface area (Å²) in [4.78, 5) is 2.48. The topological polar surface area (TPSA) is 27.7 Å². The summed E-state index contributed by atoms with van der Waals surface area (Å²) >= 11 is 8.65. The summed E-state index contributed by atoms with van der Waals surface area (Å²) in [5.41, 5.74) is 3.65. The lowest BCUT2D eigenvalue weighted by atomic mass is 10.1. The molecule has 0 spiro atoms. The van der Waals surface area contributed by atoms with Crippen LogP contribution in [-0.2, 0) is 28.7 Å². The molecule has 0 N–H and O–H groups in total. The first-order chi connectivity index (χ1) is 17.9. The smallest absolute Gasteiger partial charge is 0.192 e. The minimum absolute atomic E-state index is 0.155. The van der Waals surface area contributed by atoms with Crippen LogP contribution >= 0.6 is 43.2 Å². The first-order valence-corrected chi connectivity index (χ1v) is 21.9. The van der Waals surface area contributed by atoms with E-state index in [0.717, 1.165) is 21.1 Å². The first kappa shape index (κ1) is 34.7. The maximum absolute atomic E-state index is 6.64. The van der Waals surface area contributed by atoms with Crippen LogP contribution in [0.2, 0.25) is 36.3 Å². The quantitative estimate of drug-likeness (QED) is 0.162. The first-order valence-electron chi connectivity index (χ1n) is 13.7. The summed E-state index contributed by atoms with van der Waals surface area (Å²) < 4.78 is 20.5. The van der Waals surface area contributed by atoms with E-state index < -0.39 is 16.6 Å². The molecule has 0 aliphatic carbocycles. The standard InChI is InChI=1S/C31H48Br2O3SSi2/c1-12-23(14-18-29(32)33)28-17-16-27(37-28)22-34-26-15-13-24(20-35-38(8,9)30(2,3)4)25(19-26)21-36-39(10,11)31(5,6)7/h13-19H,12,20-22H2,1-11H3/b23-14+. The fraction of sp³-hybridized carbons (Fsp3) is 0.548. The molecular weight excluding hydrogens is 668 g/mol. The van der Waals surface area contributed by atoms with Crippen LogP contribution in [0.1, 0.15) is 75.8 Å². The van der Waals surface area contributed by atoms with Crippen LogP contribution in [0.25, 0.3) is 5.57 Å². The van der Waals surface area contributed by atoms with Gasteiger partial charge in [0.25, 0.3) is 0 Å². The molecule has 0 unspecified atom stereocenters. The third-order valence-electron chi connectivity index (χ3n) is 8.12. The SMILES string of the molecule is CC/C(=C\C=C(Br)Br)c1ccc(COc2ccc(CO[Si](C)(C)C(C)(C)C)c(CO[Si](C)(C)C(C)(C)C)c2)s1. The Bertz CT molecular complexity index is 1150. The van der Waals surface area contributed by atoms with E-state index in [9.17, 15) is 0 Å². The molecule has 2 aromatic rings. The Morgan fingerprint density at radius 2 is 1.36 bits per heavy atom. The Morgan fingerprint density at radius 3 is 1.87 bits per heavy atom. The van der Waals surface area contributed by atoms with Crippen LogP contribution < -0.4 is 4.74 Å². The molecule has 0 aliphatic heterocycles. The van der Waals surface area contributed by atoms with Gasteiger partial charge < -0.3 is 13.6 Å². The van der Waals surface area contributed by atoms with Crippen molar-refractivity contribution in [2.75, 3.05) is 0 Å². The second-order valence-electron chi connectivity index (χ2n) is 13.1. The number of hydrogen-bond donors (Lipinski definition) is 0. The van der Waals surface area contributed by atoms with Crippen molar-refractivity contribution in [2.24, 2.45) is 0 Å². The van der Waals surface area contributed by atoms with E-state index in [1.54, 1.807) is 11.3 Å². The highest BCUT2D eigenvalue weighted by atomic mass is 79.9. The normalized spacial score (nSPS) is 13.5. The number of rotatable bonds is 12. The fourth-order valence-electron chi connectivity index (χ4n) is 3.24. The highest BCUT2D eigenvalue weighted by molar-refractivity contribution is 9.28. The summed E-state index contributed by atoms with van der Waals surface area (Å²) in [7, 11) is -3.77. The van der Waals surface area contributed by atoms with Gasteiger partial charge in [-0.25, -0.2) is 0 Å². The lowest BCUT2D eigenvalue weighted by Gasteiger charge is -2.37. The van der Waals surface area contributed by atoms with E-state index in [1.165, 1.54) is 20.9 Å². The van der Waals surface area contributed by atoms with E-state index in [0.29, 0.717) is 19.8 Å². The van der Waals surface area contributed by atoms with Gasteiger partial charge in [0.1, 0.15) is 12.4 Å². The van der Waals surface area contributed by atoms with Crippen molar-refractivity contribution in [1.29, 1.82) is 0 Å². The average molecular weight is 717 g/mol. The molecule has 2 rings (SSSR count). The lowest BCUT2D eigenvalue weighted by molar-refractivity contribution is 0.255. The number of allylic oxidation sites excluding steroid dienone is 3. The predicted octanol–water partition coefficient (Wildman–Crippen LogP) is 11.8. The molecule has 8 heteroatoms. The van der Waals surface area contributed by atoms with Crippen molar-refractivity contribution in [1.82, 2.24) is 0 Å². The molecule has 0 saturated carbocycles. The van der Waals surface area contributed by atoms with Crippen molar-refractivity contribution in [3.63, 3.8) is 0 Å². The minimum atomic E-state index is -1.90. The van der Waals surface area contributed by atoms with Crippen LogP contribution in [-0.4, -0.2) is 16.6 Å². The zero-order valence-electron chi connectivity index (χ0n) is 25.8. The molecule has 0 radical (unpaired) electrons. The third kappa shape index (κ3) is 10.4. The maximum Gasteiger partial charge on any atom is 0.192 e. The summed E-state index contributed by atoms with van der Waals surface area (Å²) in [6.45, 7) is 26.8. The molecule has 0 amide bonds. The van der Waals surface area contributed by atoms with E-state index in [2.05, 4.69) is 143 Å². The van der Waals surface area contributed by atoms with Gasteiger partial charge in [0.2, 0.25) is 0 Å². The molecule has 0 bridgehead atoms. The molecular formula is C31H48Br2O3SSi2. The van der Waals surface area contributed by atoms with Gasteiger partial charge >= 0.3 is 0 Å². The largest absolute Gasteiger partial charge is 0.488 e. The van der Waals surface area contributed by atoms with Gasteiger partial charge in [-0.1, -0.05) is 60.6 Å². The second kappa shape index (κ2) is 14.1. The number of benzene rings is 1. The second-order valence-corrected chi connectivity index (χ2v) is 26.6. The van der Waals surface area contributed by atoms with Crippen molar-refractivity contribution in [3.05, 3.63) is 66.8 Å². The molecule has 0 aliphatic rings. The lowest BCUT2D eigenvalue weighted by Crippen LogP contribution is -2.41. The van der Waals surface area contributed by atoms with Gasteiger partial charge in [0.15, 0.2) is 16.6 Å². The summed E-state index contributed by atoms with van der Waals surface area (Å²) in [5.74, 6) is 0.868. The summed E-state index contributed by atoms with van der Waals surface area (Å²) in [5, 5.41) is 0.323. The van der Waals surface area contributed by atoms with Crippen molar-refractivity contribution >= 4 is 65.4 Å². The molecule has 0 saturated heterocycles. The number of hydrogen-bond acceptors (Lipinski definition) is 4. The fourth-order valence-corrected chi connectivity index (χ4v) is 6.42. The summed E-state index contributed by atoms with van der Waals surface area (Å²) in [6.07, 6.45) is 5.15. The summed E-state index contributed by atoms with van der Waals surface area (Å²) in [6, 6.07) is 10.7. The molecule has 0 fully saturated rings. The van der Waals surface area contributed by atoms with Gasteiger partial charge in [-0.3, -0.25) is 0 Å². The van der Waals surface area contributed by atoms with Crippen molar-refractivity contribution < 1.29 is 13.6 Å². The van der Waals surface area contributed by atoms with Crippen LogP contribution in [0.4, 0.5) is 0 Å². The molecule has 3 nitrogen and oxygen atoms in total. The molecule has 39 heavy (non-hydrogen) atoms. The van der Waals surface area contributed by atoms with Crippen molar-refractivity contribution in [3.8, 4) is 5.75 Å². The molecule has 1 aromatic heterocycles. The van der Waals surface area contributed by atoms with Gasteiger partial charge in [0.05, 0.1) is 16.6 Å². The molecule has 1 heterocycles. The van der Waals surface area contributed by atoms with E-state index in [-0.39, 0.29) is 10.1 Å². The van der Waals surface area contributed by atoms with Crippen LogP contribution in [0.5, 0.6) is 5.75 Å². The Kier molecular flexibility index (Phi) is 12.6. The van der Waals surface area contributed by atoms with Gasteiger partial charge in [-0.2, -0.15) is 0 Å². The highest BCUT2D eigenvalue weighted by Gasteiger charge is 2.38. The molecule has 0 atom stereocenters. The van der Waals surface area contributed by atoms with Crippen molar-refractivity contribution in [2.45, 2.75) is 111 Å². The van der Waals surface area contributed by atoms with Crippen LogP contribution in [0, 0.1) is 0 Å². The predicted molar refractivity (Wildman–Crippen MR) is 183 cm³/mol. The van der Waals surface area contributed by atoms with Gasteiger partial charge in [-0.05, 0) is 122 Å². The Morgan fingerprint density at radius 1 is 0.795 bits per heavy atom. The van der Waals surface area contributed by atoms with Crippen LogP contribution in [0.15, 0.2) is 45.9 Å². The Labute approximate surface area is 260 Å². The number of ether oxygens (including phenoxy) is 1. The molecule has 1 aromatic carbocycles. The molecule has 218 valence electrons. The monoisotopic (exact) mass is 714 g/mol. The average Bonchev–Trinajstić information content (AvgIpc) is 3.28. The third-order valence-corrected chi connectivity index (χ3v) is 18.7. The number of halogens is 2. The Hall–Kier alpha value is -0.486. The van der Waals surface area contributed by atoms with Gasteiger partial charge in [0, 0.05) is 9.75 Å². The zero-order chi connectivity index (χ0) is 29.6. The minimum Gasteiger partial charge on any atom is -0.488 e. The van der Waals surface area contributed by atoms with E-state index in [1.807, 2.05) is 6.08 Å². The van der Waals surface area contributed by atoms with E-state index in [4.69, 9.17) is 13.6 Å². The Balaban J connectivity index is 2.24. The number of thiophene rings is 1. The van der Waals surface area contributed by atoms with E-state index >= 15 is 0 Å². The zero-order valence-corrected chi connectivity index (χ0v) is 31.7. The van der Waals surface area contributed by atoms with Crippen LogP contribution in [0.3, 0.4) is 0 Å².